The highest BCUT2D eigenvalue weighted by Crippen LogP contribution is 2.36. The predicted octanol–water partition coefficient (Wildman–Crippen LogP) is 2.10. The smallest absolute Gasteiger partial charge is 0.404 e. The van der Waals surface area contributed by atoms with Crippen LogP contribution in [0.25, 0.3) is 5.65 Å². The summed E-state index contributed by atoms with van der Waals surface area (Å²) in [6.07, 6.45) is 4.44. The van der Waals surface area contributed by atoms with E-state index in [1.54, 1.807) is 13.3 Å². The molecule has 0 aromatic carbocycles. The van der Waals surface area contributed by atoms with E-state index in [-0.39, 0.29) is 12.0 Å². The van der Waals surface area contributed by atoms with E-state index in [1.807, 2.05) is 22.7 Å². The normalized spacial score (nSPS) is 22.2. The zero-order valence-corrected chi connectivity index (χ0v) is 14.2. The number of hydrogen-bond donors (Lipinski definition) is 1. The first-order chi connectivity index (χ1) is 10.8. The third kappa shape index (κ3) is 3.39. The minimum Gasteiger partial charge on any atom is -0.446 e. The van der Waals surface area contributed by atoms with Crippen LogP contribution in [0.1, 0.15) is 37.4 Å². The fraction of sp³-hybridized carbons (Fsp3) is 0.533. The van der Waals surface area contributed by atoms with Gasteiger partial charge in [-0.3, -0.25) is 4.40 Å². The van der Waals surface area contributed by atoms with Gasteiger partial charge < -0.3 is 15.0 Å². The molecule has 2 aromatic heterocycles. The number of rotatable bonds is 3. The van der Waals surface area contributed by atoms with Gasteiger partial charge in [0.15, 0.2) is 5.65 Å². The topological polar surface area (TPSA) is 99.6 Å². The molecule has 3 rings (SSSR count). The largest absolute Gasteiger partial charge is 0.446 e. The van der Waals surface area contributed by atoms with Crippen LogP contribution in [0.5, 0.6) is 0 Å². The maximum absolute atomic E-state index is 12.2. The van der Waals surface area contributed by atoms with Gasteiger partial charge in [0, 0.05) is 17.4 Å². The first-order valence-electron chi connectivity index (χ1n) is 7.71. The zero-order valence-electron chi connectivity index (χ0n) is 13.3. The maximum Gasteiger partial charge on any atom is 0.404 e. The van der Waals surface area contributed by atoms with Gasteiger partial charge in [0.1, 0.15) is 19.1 Å². The number of pyridine rings is 1. The molecule has 23 heavy (non-hydrogen) atoms. The predicted molar refractivity (Wildman–Crippen MR) is 87.7 cm³/mol. The van der Waals surface area contributed by atoms with Crippen molar-refractivity contribution in [3.63, 3.8) is 0 Å². The molecule has 0 spiro atoms. The second-order valence-corrected chi connectivity index (χ2v) is 9.66. The Morgan fingerprint density at radius 1 is 1.39 bits per heavy atom. The molecule has 124 valence electrons. The van der Waals surface area contributed by atoms with Crippen LogP contribution in [-0.2, 0) is 9.30 Å². The number of nitrogens with zero attached hydrogens (tertiary/aromatic N) is 3. The SMILES string of the molecule is CP(C)(=O)c1ccn2c([C@H]3CCC[C@@H](OC(N)=O)C3)nnc2c1. The first kappa shape index (κ1) is 16.0. The minimum atomic E-state index is -2.32. The molecule has 0 unspecified atom stereocenters. The number of nitrogens with two attached hydrogens (primary N) is 1. The summed E-state index contributed by atoms with van der Waals surface area (Å²) in [5.74, 6) is 1.02. The lowest BCUT2D eigenvalue weighted by molar-refractivity contribution is 0.0758. The summed E-state index contributed by atoms with van der Waals surface area (Å²) in [5.41, 5.74) is 5.81. The van der Waals surface area contributed by atoms with Gasteiger partial charge in [-0.2, -0.15) is 0 Å². The van der Waals surface area contributed by atoms with Crippen molar-refractivity contribution in [2.24, 2.45) is 5.73 Å². The molecule has 0 saturated heterocycles. The molecular formula is C15H21N4O3P. The van der Waals surface area contributed by atoms with E-state index in [9.17, 15) is 9.36 Å². The lowest BCUT2D eigenvalue weighted by Crippen LogP contribution is -2.28. The van der Waals surface area contributed by atoms with Crippen molar-refractivity contribution in [3.05, 3.63) is 24.2 Å². The summed E-state index contributed by atoms with van der Waals surface area (Å²) in [4.78, 5) is 10.9. The van der Waals surface area contributed by atoms with Crippen LogP contribution >= 0.6 is 7.14 Å². The Bertz CT molecular complexity index is 782. The van der Waals surface area contributed by atoms with Crippen molar-refractivity contribution in [1.82, 2.24) is 14.6 Å². The Morgan fingerprint density at radius 2 is 2.17 bits per heavy atom. The molecule has 1 amide bonds. The zero-order chi connectivity index (χ0) is 16.6. The molecule has 0 aliphatic heterocycles. The van der Waals surface area contributed by atoms with Gasteiger partial charge >= 0.3 is 6.09 Å². The van der Waals surface area contributed by atoms with Gasteiger partial charge in [-0.05, 0) is 51.1 Å². The summed E-state index contributed by atoms with van der Waals surface area (Å²) >= 11 is 0. The molecule has 1 fully saturated rings. The standard InChI is InChI=1S/C15H21N4O3P/c1-23(2,21)12-6-7-19-13(9-12)17-18-14(19)10-4-3-5-11(8-10)22-15(16)20/h6-7,9-11H,3-5,8H2,1-2H3,(H2,16,20)/t10-,11+/m0/s1. The Balaban J connectivity index is 1.88. The number of carbonyl (C=O) groups is 1. The van der Waals surface area contributed by atoms with E-state index in [2.05, 4.69) is 10.2 Å². The van der Waals surface area contributed by atoms with Gasteiger partial charge in [0.25, 0.3) is 0 Å². The molecule has 1 saturated carbocycles. The molecule has 2 heterocycles. The van der Waals surface area contributed by atoms with Crippen molar-refractivity contribution in [2.75, 3.05) is 13.3 Å². The van der Waals surface area contributed by atoms with E-state index < -0.39 is 13.2 Å². The lowest BCUT2D eigenvalue weighted by Gasteiger charge is -2.27. The fourth-order valence-electron chi connectivity index (χ4n) is 3.16. The number of hydrogen-bond acceptors (Lipinski definition) is 5. The third-order valence-corrected chi connectivity index (χ3v) is 5.84. The summed E-state index contributed by atoms with van der Waals surface area (Å²) in [5, 5.41) is 9.31. The Labute approximate surface area is 134 Å². The number of primary amides is 1. The number of fused-ring (bicyclic) bond motifs is 1. The van der Waals surface area contributed by atoms with E-state index in [1.165, 1.54) is 0 Å². The van der Waals surface area contributed by atoms with Gasteiger partial charge in [0.2, 0.25) is 0 Å². The van der Waals surface area contributed by atoms with E-state index in [0.29, 0.717) is 12.1 Å². The van der Waals surface area contributed by atoms with Crippen LogP contribution in [0, 0.1) is 0 Å². The van der Waals surface area contributed by atoms with Gasteiger partial charge in [-0.15, -0.1) is 10.2 Å². The van der Waals surface area contributed by atoms with E-state index in [0.717, 1.165) is 30.4 Å². The molecule has 8 heteroatoms. The molecule has 2 atom stereocenters. The number of amides is 1. The highest BCUT2D eigenvalue weighted by Gasteiger charge is 2.28. The Morgan fingerprint density at radius 3 is 2.87 bits per heavy atom. The van der Waals surface area contributed by atoms with Crippen molar-refractivity contribution in [3.8, 4) is 0 Å². The van der Waals surface area contributed by atoms with Crippen LogP contribution in [0.3, 0.4) is 0 Å². The summed E-state index contributed by atoms with van der Waals surface area (Å²) < 4.78 is 19.3. The highest BCUT2D eigenvalue weighted by atomic mass is 31.2. The van der Waals surface area contributed by atoms with Crippen LogP contribution in [0.15, 0.2) is 18.3 Å². The average Bonchev–Trinajstić information content (AvgIpc) is 2.89. The van der Waals surface area contributed by atoms with Crippen molar-refractivity contribution < 1.29 is 14.1 Å². The van der Waals surface area contributed by atoms with Crippen LogP contribution in [-0.4, -0.2) is 40.1 Å². The van der Waals surface area contributed by atoms with Crippen LogP contribution in [0.4, 0.5) is 4.79 Å². The van der Waals surface area contributed by atoms with Crippen molar-refractivity contribution >= 4 is 24.2 Å². The number of ether oxygens (including phenoxy) is 1. The molecule has 1 aliphatic carbocycles. The molecular weight excluding hydrogens is 315 g/mol. The quantitative estimate of drug-likeness (QED) is 0.865. The minimum absolute atomic E-state index is 0.163. The van der Waals surface area contributed by atoms with Crippen LogP contribution in [0.2, 0.25) is 0 Å². The molecule has 1 aliphatic rings. The van der Waals surface area contributed by atoms with Gasteiger partial charge in [-0.25, -0.2) is 4.79 Å². The summed E-state index contributed by atoms with van der Waals surface area (Å²) in [6, 6.07) is 3.69. The second kappa shape index (κ2) is 5.96. The van der Waals surface area contributed by atoms with E-state index in [4.69, 9.17) is 10.5 Å². The molecule has 0 radical (unpaired) electrons. The summed E-state index contributed by atoms with van der Waals surface area (Å²) in [7, 11) is -2.32. The van der Waals surface area contributed by atoms with Crippen molar-refractivity contribution in [2.45, 2.75) is 37.7 Å². The molecule has 7 nitrogen and oxygen atoms in total. The van der Waals surface area contributed by atoms with Gasteiger partial charge in [-0.1, -0.05) is 0 Å². The average molecular weight is 336 g/mol. The van der Waals surface area contributed by atoms with E-state index >= 15 is 0 Å². The Kier molecular flexibility index (Phi) is 4.15. The fourth-order valence-corrected chi connectivity index (χ4v) is 4.01. The number of carbonyl (C=O) groups excluding carboxylic acids is 1. The molecule has 2 N–H and O–H groups in total. The molecule has 0 bridgehead atoms. The monoisotopic (exact) mass is 336 g/mol. The number of aromatic nitrogens is 3. The molecule has 2 aromatic rings. The van der Waals surface area contributed by atoms with Crippen LogP contribution < -0.4 is 11.0 Å². The first-order valence-corrected chi connectivity index (χ1v) is 10.3. The maximum atomic E-state index is 12.2. The highest BCUT2D eigenvalue weighted by molar-refractivity contribution is 7.70. The lowest BCUT2D eigenvalue weighted by atomic mass is 9.86. The Hall–Kier alpha value is -1.88. The van der Waals surface area contributed by atoms with Gasteiger partial charge in [0.05, 0.1) is 0 Å². The van der Waals surface area contributed by atoms with Crippen molar-refractivity contribution in [1.29, 1.82) is 0 Å². The second-order valence-electron chi connectivity index (χ2n) is 6.44. The third-order valence-electron chi connectivity index (χ3n) is 4.32. The summed E-state index contributed by atoms with van der Waals surface area (Å²) in [6.45, 7) is 3.48.